The molecule has 0 bridgehead atoms. The normalized spacial score (nSPS) is 16.2. The van der Waals surface area contributed by atoms with E-state index in [0.717, 1.165) is 25.7 Å². The maximum absolute atomic E-state index is 13.6. The summed E-state index contributed by atoms with van der Waals surface area (Å²) < 4.78 is 5.35. The van der Waals surface area contributed by atoms with Gasteiger partial charge < -0.3 is 20.3 Å². The maximum Gasteiger partial charge on any atom is 0.408 e. The Bertz CT molecular complexity index is 907. The largest absolute Gasteiger partial charge is 0.444 e. The van der Waals surface area contributed by atoms with Gasteiger partial charge in [0, 0.05) is 18.7 Å². The highest BCUT2D eigenvalue weighted by molar-refractivity contribution is 5.92. The lowest BCUT2D eigenvalue weighted by Gasteiger charge is -2.34. The third-order valence-corrected chi connectivity index (χ3v) is 5.95. The van der Waals surface area contributed by atoms with E-state index >= 15 is 0 Å². The number of ether oxygens (including phenoxy) is 1. The van der Waals surface area contributed by atoms with Crippen molar-refractivity contribution in [3.63, 3.8) is 0 Å². The number of hydrogen-bond donors (Lipinski definition) is 2. The second-order valence-electron chi connectivity index (χ2n) is 10.3. The molecule has 1 aliphatic rings. The molecule has 1 aromatic carbocycles. The van der Waals surface area contributed by atoms with Gasteiger partial charge in [-0.15, -0.1) is 6.42 Å². The van der Waals surface area contributed by atoms with E-state index in [0.29, 0.717) is 11.1 Å². The van der Waals surface area contributed by atoms with Crippen LogP contribution in [0.4, 0.5) is 4.79 Å². The first-order chi connectivity index (χ1) is 15.9. The van der Waals surface area contributed by atoms with Gasteiger partial charge in [-0.2, -0.15) is 0 Å². The molecule has 2 rings (SSSR count). The topological polar surface area (TPSA) is 87.7 Å². The first-order valence-corrected chi connectivity index (χ1v) is 12.1. The van der Waals surface area contributed by atoms with E-state index in [1.807, 2.05) is 13.8 Å². The van der Waals surface area contributed by atoms with Crippen LogP contribution in [0.3, 0.4) is 0 Å². The Hall–Kier alpha value is -3.01. The van der Waals surface area contributed by atoms with Crippen LogP contribution in [0.1, 0.15) is 83.9 Å². The fourth-order valence-corrected chi connectivity index (χ4v) is 4.21. The SMILES string of the molecule is C#Cc1ccccc1C(C(=O)NC1CCCCC1)N(C)C(=O)C(NC(=O)OC(C)(C)C)C(C)C. The minimum Gasteiger partial charge on any atom is -0.444 e. The van der Waals surface area contributed by atoms with Gasteiger partial charge in [0.15, 0.2) is 0 Å². The Kier molecular flexibility index (Phi) is 9.55. The van der Waals surface area contributed by atoms with Crippen LogP contribution < -0.4 is 10.6 Å². The van der Waals surface area contributed by atoms with Gasteiger partial charge in [0.1, 0.15) is 17.7 Å². The van der Waals surface area contributed by atoms with E-state index in [2.05, 4.69) is 16.6 Å². The zero-order chi connectivity index (χ0) is 25.5. The summed E-state index contributed by atoms with van der Waals surface area (Å²) in [6.07, 6.45) is 10.2. The van der Waals surface area contributed by atoms with E-state index < -0.39 is 29.7 Å². The van der Waals surface area contributed by atoms with Crippen molar-refractivity contribution in [2.75, 3.05) is 7.05 Å². The molecule has 7 nitrogen and oxygen atoms in total. The Balaban J connectivity index is 2.35. The average Bonchev–Trinajstić information content (AvgIpc) is 2.76. The summed E-state index contributed by atoms with van der Waals surface area (Å²) in [6, 6.07) is 5.41. The average molecular weight is 470 g/mol. The molecule has 2 unspecified atom stereocenters. The predicted molar refractivity (Wildman–Crippen MR) is 133 cm³/mol. The first-order valence-electron chi connectivity index (χ1n) is 12.1. The van der Waals surface area contributed by atoms with Crippen LogP contribution in [0.2, 0.25) is 0 Å². The molecule has 1 fully saturated rings. The zero-order valence-electron chi connectivity index (χ0n) is 21.3. The highest BCUT2D eigenvalue weighted by atomic mass is 16.6. The van der Waals surface area contributed by atoms with Gasteiger partial charge in [0.25, 0.3) is 0 Å². The molecule has 186 valence electrons. The van der Waals surface area contributed by atoms with Gasteiger partial charge in [-0.25, -0.2) is 4.79 Å². The van der Waals surface area contributed by atoms with Gasteiger partial charge in [-0.1, -0.05) is 57.2 Å². The van der Waals surface area contributed by atoms with Crippen LogP contribution in [-0.4, -0.2) is 47.5 Å². The number of rotatable bonds is 7. The lowest BCUT2D eigenvalue weighted by Crippen LogP contribution is -2.54. The number of carbonyl (C=O) groups excluding carboxylic acids is 3. The van der Waals surface area contributed by atoms with Crippen molar-refractivity contribution in [3.8, 4) is 12.3 Å². The number of amides is 3. The molecule has 0 aliphatic heterocycles. The number of terminal acetylenes is 1. The summed E-state index contributed by atoms with van der Waals surface area (Å²) in [5.74, 6) is 1.74. The molecular weight excluding hydrogens is 430 g/mol. The van der Waals surface area contributed by atoms with Crippen LogP contribution in [0, 0.1) is 18.3 Å². The van der Waals surface area contributed by atoms with Gasteiger partial charge in [0.2, 0.25) is 11.8 Å². The third-order valence-electron chi connectivity index (χ3n) is 5.95. The zero-order valence-corrected chi connectivity index (χ0v) is 21.3. The molecule has 34 heavy (non-hydrogen) atoms. The number of benzene rings is 1. The van der Waals surface area contributed by atoms with Crippen molar-refractivity contribution in [1.29, 1.82) is 0 Å². The molecule has 1 aliphatic carbocycles. The van der Waals surface area contributed by atoms with Gasteiger partial charge in [0.05, 0.1) is 0 Å². The molecule has 0 spiro atoms. The minimum atomic E-state index is -0.927. The summed E-state index contributed by atoms with van der Waals surface area (Å²) in [4.78, 5) is 41.0. The third kappa shape index (κ3) is 7.51. The molecule has 3 amide bonds. The lowest BCUT2D eigenvalue weighted by molar-refractivity contribution is -0.142. The Labute approximate surface area is 204 Å². The predicted octanol–water partition coefficient (Wildman–Crippen LogP) is 4.17. The van der Waals surface area contributed by atoms with E-state index in [9.17, 15) is 14.4 Å². The maximum atomic E-state index is 13.6. The number of carbonyl (C=O) groups is 3. The fourth-order valence-electron chi connectivity index (χ4n) is 4.21. The molecule has 0 aromatic heterocycles. The number of nitrogens with zero attached hydrogens (tertiary/aromatic N) is 1. The number of hydrogen-bond acceptors (Lipinski definition) is 4. The van der Waals surface area contributed by atoms with Crippen molar-refractivity contribution in [2.45, 2.75) is 90.4 Å². The smallest absolute Gasteiger partial charge is 0.408 e. The number of nitrogens with one attached hydrogen (secondary N) is 2. The fraction of sp³-hybridized carbons (Fsp3) is 0.593. The van der Waals surface area contributed by atoms with Crippen LogP contribution in [0.25, 0.3) is 0 Å². The van der Waals surface area contributed by atoms with E-state index in [1.165, 1.54) is 11.3 Å². The highest BCUT2D eigenvalue weighted by Crippen LogP contribution is 2.26. The molecule has 1 saturated carbocycles. The second-order valence-corrected chi connectivity index (χ2v) is 10.3. The Morgan fingerprint density at radius 1 is 1.12 bits per heavy atom. The molecular formula is C27H39N3O4. The molecule has 7 heteroatoms. The van der Waals surface area contributed by atoms with Crippen molar-refractivity contribution in [1.82, 2.24) is 15.5 Å². The van der Waals surface area contributed by atoms with E-state index in [4.69, 9.17) is 11.2 Å². The molecule has 2 N–H and O–H groups in total. The quantitative estimate of drug-likeness (QED) is 0.587. The van der Waals surface area contributed by atoms with Crippen molar-refractivity contribution >= 4 is 17.9 Å². The Morgan fingerprint density at radius 3 is 2.29 bits per heavy atom. The van der Waals surface area contributed by atoms with Crippen LogP contribution in [0.15, 0.2) is 24.3 Å². The van der Waals surface area contributed by atoms with Crippen LogP contribution >= 0.6 is 0 Å². The van der Waals surface area contributed by atoms with Crippen LogP contribution in [0.5, 0.6) is 0 Å². The highest BCUT2D eigenvalue weighted by Gasteiger charge is 2.36. The molecule has 1 aromatic rings. The van der Waals surface area contributed by atoms with Crippen LogP contribution in [-0.2, 0) is 14.3 Å². The molecule has 2 atom stereocenters. The summed E-state index contributed by atoms with van der Waals surface area (Å²) in [5.41, 5.74) is 0.426. The van der Waals surface area contributed by atoms with E-state index in [1.54, 1.807) is 52.1 Å². The second kappa shape index (κ2) is 11.9. The Morgan fingerprint density at radius 2 is 1.74 bits per heavy atom. The van der Waals surface area contributed by atoms with Gasteiger partial charge in [-0.05, 0) is 51.2 Å². The lowest BCUT2D eigenvalue weighted by atomic mass is 9.93. The summed E-state index contributed by atoms with van der Waals surface area (Å²) >= 11 is 0. The van der Waals surface area contributed by atoms with Gasteiger partial charge >= 0.3 is 6.09 Å². The molecule has 0 radical (unpaired) electrons. The molecule has 0 heterocycles. The standard InChI is InChI=1S/C27H39N3O4/c1-8-19-14-12-13-17-21(19)23(24(31)28-20-15-10-9-11-16-20)30(7)25(32)22(18(2)3)29-26(33)34-27(4,5)6/h1,12-14,17-18,20,22-23H,9-11,15-16H2,2-7H3,(H,28,31)(H,29,33). The molecule has 0 saturated heterocycles. The minimum absolute atomic E-state index is 0.0750. The number of alkyl carbamates (subject to hydrolysis) is 1. The summed E-state index contributed by atoms with van der Waals surface area (Å²) in [5, 5.41) is 5.82. The van der Waals surface area contributed by atoms with Crippen molar-refractivity contribution in [2.24, 2.45) is 5.92 Å². The first kappa shape index (κ1) is 27.2. The van der Waals surface area contributed by atoms with Crippen molar-refractivity contribution < 1.29 is 19.1 Å². The number of likely N-dealkylation sites (N-methyl/N-ethyl adjacent to an activating group) is 1. The summed E-state index contributed by atoms with van der Waals surface area (Å²) in [6.45, 7) is 8.94. The van der Waals surface area contributed by atoms with Crippen molar-refractivity contribution in [3.05, 3.63) is 35.4 Å². The monoisotopic (exact) mass is 469 g/mol. The van der Waals surface area contributed by atoms with E-state index in [-0.39, 0.29) is 17.9 Å². The van der Waals surface area contributed by atoms with Gasteiger partial charge in [-0.3, -0.25) is 9.59 Å². The summed E-state index contributed by atoms with van der Waals surface area (Å²) in [7, 11) is 1.58.